The van der Waals surface area contributed by atoms with Crippen LogP contribution in [0.2, 0.25) is 0 Å². The predicted octanol–water partition coefficient (Wildman–Crippen LogP) is 2.33. The lowest BCUT2D eigenvalue weighted by atomic mass is 10.1. The quantitative estimate of drug-likeness (QED) is 0.447. The van der Waals surface area contributed by atoms with E-state index in [1.807, 2.05) is 0 Å². The Morgan fingerprint density at radius 3 is 2.45 bits per heavy atom. The molecule has 0 aromatic carbocycles. The second-order valence-corrected chi connectivity index (χ2v) is 3.36. The Morgan fingerprint density at radius 2 is 2.00 bits per heavy atom. The molecule has 68 valence electrons. The molecule has 0 aliphatic rings. The van der Waals surface area contributed by atoms with Gasteiger partial charge in [-0.05, 0) is 37.6 Å². The van der Waals surface area contributed by atoms with Crippen molar-refractivity contribution in [2.75, 3.05) is 18.8 Å². The van der Waals surface area contributed by atoms with Crippen molar-refractivity contribution in [1.82, 2.24) is 5.32 Å². The SMILES string of the molecule is CCCNCCC(CC)CS. The average Bonchev–Trinajstić information content (AvgIpc) is 2.05. The van der Waals surface area contributed by atoms with E-state index in [2.05, 4.69) is 31.8 Å². The first-order valence-electron chi connectivity index (χ1n) is 4.66. The molecule has 11 heavy (non-hydrogen) atoms. The van der Waals surface area contributed by atoms with Gasteiger partial charge in [-0.15, -0.1) is 0 Å². The first-order valence-corrected chi connectivity index (χ1v) is 5.29. The van der Waals surface area contributed by atoms with E-state index in [1.165, 1.54) is 19.3 Å². The molecule has 1 nitrogen and oxygen atoms in total. The minimum Gasteiger partial charge on any atom is -0.317 e. The normalized spacial score (nSPS) is 13.4. The third-order valence-electron chi connectivity index (χ3n) is 1.99. The van der Waals surface area contributed by atoms with Crippen LogP contribution in [0, 0.1) is 5.92 Å². The summed E-state index contributed by atoms with van der Waals surface area (Å²) in [6, 6.07) is 0. The molecule has 1 atom stereocenters. The second-order valence-electron chi connectivity index (χ2n) is 3.00. The molecule has 0 saturated heterocycles. The van der Waals surface area contributed by atoms with Crippen LogP contribution >= 0.6 is 12.6 Å². The van der Waals surface area contributed by atoms with Gasteiger partial charge in [0.1, 0.15) is 0 Å². The number of hydrogen-bond donors (Lipinski definition) is 2. The van der Waals surface area contributed by atoms with Crippen molar-refractivity contribution < 1.29 is 0 Å². The van der Waals surface area contributed by atoms with E-state index in [0.717, 1.165) is 24.8 Å². The fourth-order valence-electron chi connectivity index (χ4n) is 1.03. The summed E-state index contributed by atoms with van der Waals surface area (Å²) in [5.41, 5.74) is 0. The second kappa shape index (κ2) is 8.41. The first kappa shape index (κ1) is 11.3. The molecule has 0 aromatic rings. The summed E-state index contributed by atoms with van der Waals surface area (Å²) in [4.78, 5) is 0. The molecule has 2 heteroatoms. The monoisotopic (exact) mass is 175 g/mol. The average molecular weight is 175 g/mol. The van der Waals surface area contributed by atoms with Crippen LogP contribution in [0.15, 0.2) is 0 Å². The molecule has 0 spiro atoms. The third kappa shape index (κ3) is 6.70. The molecule has 0 aliphatic carbocycles. The van der Waals surface area contributed by atoms with Gasteiger partial charge < -0.3 is 5.32 Å². The fourth-order valence-corrected chi connectivity index (χ4v) is 1.47. The van der Waals surface area contributed by atoms with E-state index in [1.54, 1.807) is 0 Å². The predicted molar refractivity (Wildman–Crippen MR) is 55.4 cm³/mol. The van der Waals surface area contributed by atoms with E-state index in [9.17, 15) is 0 Å². The Hall–Kier alpha value is 0.310. The van der Waals surface area contributed by atoms with Gasteiger partial charge >= 0.3 is 0 Å². The maximum absolute atomic E-state index is 4.29. The van der Waals surface area contributed by atoms with Gasteiger partial charge in [-0.1, -0.05) is 20.3 Å². The van der Waals surface area contributed by atoms with Crippen LogP contribution in [0.5, 0.6) is 0 Å². The van der Waals surface area contributed by atoms with Crippen LogP contribution in [0.3, 0.4) is 0 Å². The summed E-state index contributed by atoms with van der Waals surface area (Å²) < 4.78 is 0. The molecule has 0 radical (unpaired) electrons. The minimum absolute atomic E-state index is 0.808. The first-order chi connectivity index (χ1) is 5.35. The third-order valence-corrected chi connectivity index (χ3v) is 2.51. The van der Waals surface area contributed by atoms with Crippen LogP contribution in [-0.4, -0.2) is 18.8 Å². The highest BCUT2D eigenvalue weighted by Gasteiger charge is 2.01. The summed E-state index contributed by atoms with van der Waals surface area (Å²) in [5, 5.41) is 3.40. The molecular weight excluding hydrogens is 154 g/mol. The van der Waals surface area contributed by atoms with Crippen molar-refractivity contribution in [3.63, 3.8) is 0 Å². The standard InChI is InChI=1S/C9H21NS/c1-3-6-10-7-5-9(4-2)8-11/h9-11H,3-8H2,1-2H3. The Kier molecular flexibility index (Phi) is 8.64. The maximum atomic E-state index is 4.29. The van der Waals surface area contributed by atoms with E-state index >= 15 is 0 Å². The zero-order valence-electron chi connectivity index (χ0n) is 7.77. The molecule has 0 fully saturated rings. The highest BCUT2D eigenvalue weighted by Crippen LogP contribution is 2.08. The lowest BCUT2D eigenvalue weighted by Crippen LogP contribution is -2.19. The lowest BCUT2D eigenvalue weighted by molar-refractivity contribution is 0.496. The van der Waals surface area contributed by atoms with Crippen LogP contribution in [0.1, 0.15) is 33.1 Å². The van der Waals surface area contributed by atoms with Crippen molar-refractivity contribution in [3.8, 4) is 0 Å². The summed E-state index contributed by atoms with van der Waals surface area (Å²) in [7, 11) is 0. The lowest BCUT2D eigenvalue weighted by Gasteiger charge is -2.11. The zero-order chi connectivity index (χ0) is 8.53. The van der Waals surface area contributed by atoms with E-state index in [4.69, 9.17) is 0 Å². The van der Waals surface area contributed by atoms with Crippen molar-refractivity contribution >= 4 is 12.6 Å². The van der Waals surface area contributed by atoms with Crippen LogP contribution in [0.25, 0.3) is 0 Å². The number of hydrogen-bond acceptors (Lipinski definition) is 2. The van der Waals surface area contributed by atoms with Crippen LogP contribution in [-0.2, 0) is 0 Å². The number of thiol groups is 1. The van der Waals surface area contributed by atoms with Gasteiger partial charge in [-0.25, -0.2) is 0 Å². The summed E-state index contributed by atoms with van der Waals surface area (Å²) in [6.45, 7) is 6.75. The molecule has 0 heterocycles. The van der Waals surface area contributed by atoms with E-state index in [0.29, 0.717) is 0 Å². The highest BCUT2D eigenvalue weighted by atomic mass is 32.1. The number of nitrogens with one attached hydrogen (secondary N) is 1. The van der Waals surface area contributed by atoms with Crippen LogP contribution < -0.4 is 5.32 Å². The van der Waals surface area contributed by atoms with Gasteiger partial charge in [0.15, 0.2) is 0 Å². The largest absolute Gasteiger partial charge is 0.317 e. The van der Waals surface area contributed by atoms with Crippen molar-refractivity contribution in [2.24, 2.45) is 5.92 Å². The van der Waals surface area contributed by atoms with Crippen molar-refractivity contribution in [3.05, 3.63) is 0 Å². The highest BCUT2D eigenvalue weighted by molar-refractivity contribution is 7.80. The molecule has 0 amide bonds. The van der Waals surface area contributed by atoms with E-state index < -0.39 is 0 Å². The van der Waals surface area contributed by atoms with Gasteiger partial charge in [0.05, 0.1) is 0 Å². The van der Waals surface area contributed by atoms with Gasteiger partial charge in [-0.2, -0.15) is 12.6 Å². The summed E-state index contributed by atoms with van der Waals surface area (Å²) in [6.07, 6.45) is 3.77. The minimum atomic E-state index is 0.808. The molecule has 0 saturated carbocycles. The van der Waals surface area contributed by atoms with Gasteiger partial charge in [0.2, 0.25) is 0 Å². The van der Waals surface area contributed by atoms with Crippen molar-refractivity contribution in [2.45, 2.75) is 33.1 Å². The Labute approximate surface area is 76.4 Å². The van der Waals surface area contributed by atoms with Gasteiger partial charge in [-0.3, -0.25) is 0 Å². The fraction of sp³-hybridized carbons (Fsp3) is 1.00. The Bertz CT molecular complexity index is 72.0. The molecule has 1 unspecified atom stereocenters. The summed E-state index contributed by atoms with van der Waals surface area (Å²) in [5.74, 6) is 1.84. The van der Waals surface area contributed by atoms with E-state index in [-0.39, 0.29) is 0 Å². The molecule has 1 N–H and O–H groups in total. The molecular formula is C9H21NS. The molecule has 0 bridgehead atoms. The van der Waals surface area contributed by atoms with Crippen molar-refractivity contribution in [1.29, 1.82) is 0 Å². The smallest absolute Gasteiger partial charge is 0.00460 e. The van der Waals surface area contributed by atoms with Gasteiger partial charge in [0, 0.05) is 0 Å². The Morgan fingerprint density at radius 1 is 1.27 bits per heavy atom. The molecule has 0 aliphatic heterocycles. The topological polar surface area (TPSA) is 12.0 Å². The maximum Gasteiger partial charge on any atom is -0.00460 e. The summed E-state index contributed by atoms with van der Waals surface area (Å²) >= 11 is 4.29. The van der Waals surface area contributed by atoms with Gasteiger partial charge in [0.25, 0.3) is 0 Å². The number of rotatable bonds is 7. The zero-order valence-corrected chi connectivity index (χ0v) is 8.66. The molecule has 0 aromatic heterocycles. The van der Waals surface area contributed by atoms with Crippen LogP contribution in [0.4, 0.5) is 0 Å². The molecule has 0 rings (SSSR count). The Balaban J connectivity index is 3.07.